The molecule has 0 fully saturated rings. The number of carbonyl (C=O) groups is 1. The van der Waals surface area contributed by atoms with Gasteiger partial charge in [0, 0.05) is 25.4 Å². The van der Waals surface area contributed by atoms with Crippen molar-refractivity contribution < 1.29 is 14.3 Å². The van der Waals surface area contributed by atoms with Crippen LogP contribution in [-0.4, -0.2) is 40.8 Å². The summed E-state index contributed by atoms with van der Waals surface area (Å²) >= 11 is 0. The lowest BCUT2D eigenvalue weighted by Gasteiger charge is -2.09. The summed E-state index contributed by atoms with van der Waals surface area (Å²) in [6, 6.07) is 11.2. The van der Waals surface area contributed by atoms with Crippen LogP contribution in [0.5, 0.6) is 5.75 Å². The average Bonchev–Trinajstić information content (AvgIpc) is 3.00. The molecule has 0 saturated carbocycles. The highest BCUT2D eigenvalue weighted by Gasteiger charge is 2.13. The molecule has 1 aromatic carbocycles. The number of hydrogen-bond donors (Lipinski definition) is 1. The Morgan fingerprint density at radius 1 is 1.12 bits per heavy atom. The zero-order chi connectivity index (χ0) is 18.5. The van der Waals surface area contributed by atoms with Crippen molar-refractivity contribution in [3.05, 3.63) is 59.0 Å². The quantitative estimate of drug-likeness (QED) is 0.659. The summed E-state index contributed by atoms with van der Waals surface area (Å²) in [6.45, 7) is 5.21. The first-order valence-electron chi connectivity index (χ1n) is 8.40. The third-order valence-electron chi connectivity index (χ3n) is 3.84. The molecule has 0 unspecified atom stereocenters. The highest BCUT2D eigenvalue weighted by molar-refractivity contribution is 5.93. The van der Waals surface area contributed by atoms with Crippen molar-refractivity contribution in [2.45, 2.75) is 20.4 Å². The van der Waals surface area contributed by atoms with Crippen LogP contribution in [0, 0.1) is 13.8 Å². The highest BCUT2D eigenvalue weighted by Crippen LogP contribution is 2.13. The van der Waals surface area contributed by atoms with Crippen LogP contribution in [0.3, 0.4) is 0 Å². The van der Waals surface area contributed by atoms with Crippen LogP contribution in [0.25, 0.3) is 5.65 Å². The number of carbonyl (C=O) groups excluding carboxylic acids is 1. The van der Waals surface area contributed by atoms with Crippen molar-refractivity contribution in [1.82, 2.24) is 19.9 Å². The molecule has 26 heavy (non-hydrogen) atoms. The molecular weight excluding hydrogens is 332 g/mol. The van der Waals surface area contributed by atoms with E-state index in [9.17, 15) is 4.79 Å². The second-order valence-corrected chi connectivity index (χ2v) is 6.01. The van der Waals surface area contributed by atoms with Gasteiger partial charge in [0.05, 0.1) is 12.3 Å². The number of aryl methyl sites for hydroxylation is 2. The first kappa shape index (κ1) is 17.9. The smallest absolute Gasteiger partial charge is 0.270 e. The Morgan fingerprint density at radius 3 is 2.62 bits per heavy atom. The molecule has 0 aliphatic carbocycles. The minimum Gasteiger partial charge on any atom is -0.491 e. The zero-order valence-electron chi connectivity index (χ0n) is 15.2. The Balaban J connectivity index is 1.66. The summed E-state index contributed by atoms with van der Waals surface area (Å²) in [5.41, 5.74) is 3.72. The number of rotatable bonds is 7. The Kier molecular flexibility index (Phi) is 5.48. The molecule has 1 N–H and O–H groups in total. The minimum absolute atomic E-state index is 0.191. The number of ether oxygens (including phenoxy) is 2. The summed E-state index contributed by atoms with van der Waals surface area (Å²) in [5, 5.41) is 7.27. The highest BCUT2D eigenvalue weighted by atomic mass is 16.5. The van der Waals surface area contributed by atoms with Crippen molar-refractivity contribution in [3.8, 4) is 5.75 Å². The Morgan fingerprint density at radius 2 is 1.88 bits per heavy atom. The number of benzene rings is 1. The van der Waals surface area contributed by atoms with E-state index in [0.29, 0.717) is 31.1 Å². The van der Waals surface area contributed by atoms with Gasteiger partial charge in [0.2, 0.25) is 0 Å². The largest absolute Gasteiger partial charge is 0.491 e. The molecule has 7 nitrogen and oxygen atoms in total. The first-order chi connectivity index (χ1) is 12.6. The van der Waals surface area contributed by atoms with Crippen LogP contribution in [0.2, 0.25) is 0 Å². The molecule has 0 aliphatic heterocycles. The van der Waals surface area contributed by atoms with Gasteiger partial charge in [-0.2, -0.15) is 5.10 Å². The van der Waals surface area contributed by atoms with E-state index in [2.05, 4.69) is 15.4 Å². The fourth-order valence-electron chi connectivity index (χ4n) is 2.60. The summed E-state index contributed by atoms with van der Waals surface area (Å²) in [6.07, 6.45) is 0. The number of nitrogens with zero attached hydrogens (tertiary/aromatic N) is 3. The van der Waals surface area contributed by atoms with E-state index in [0.717, 1.165) is 22.7 Å². The molecule has 0 spiro atoms. The molecule has 1 amide bonds. The molecule has 0 radical (unpaired) electrons. The van der Waals surface area contributed by atoms with Gasteiger partial charge in [-0.05, 0) is 37.6 Å². The minimum atomic E-state index is -0.191. The SMILES string of the molecule is COCCOc1ccc(CNC(=O)c2cc(C)nc3cc(C)nn23)cc1. The number of fused-ring (bicyclic) bond motifs is 1. The van der Waals surface area contributed by atoms with Crippen molar-refractivity contribution in [2.24, 2.45) is 0 Å². The van der Waals surface area contributed by atoms with Gasteiger partial charge in [0.25, 0.3) is 5.91 Å². The summed E-state index contributed by atoms with van der Waals surface area (Å²) in [4.78, 5) is 17.0. The lowest BCUT2D eigenvalue weighted by atomic mass is 10.2. The molecule has 2 heterocycles. The van der Waals surface area contributed by atoms with Gasteiger partial charge in [-0.3, -0.25) is 4.79 Å². The summed E-state index contributed by atoms with van der Waals surface area (Å²) in [7, 11) is 1.64. The Labute approximate surface area is 152 Å². The van der Waals surface area contributed by atoms with E-state index in [4.69, 9.17) is 9.47 Å². The second kappa shape index (κ2) is 7.97. The normalized spacial score (nSPS) is 10.9. The van der Waals surface area contributed by atoms with E-state index in [1.165, 1.54) is 0 Å². The van der Waals surface area contributed by atoms with Gasteiger partial charge >= 0.3 is 0 Å². The summed E-state index contributed by atoms with van der Waals surface area (Å²) < 4.78 is 12.1. The number of hydrogen-bond acceptors (Lipinski definition) is 5. The number of nitrogens with one attached hydrogen (secondary N) is 1. The van der Waals surface area contributed by atoms with Gasteiger partial charge in [-0.15, -0.1) is 0 Å². The van der Waals surface area contributed by atoms with Crippen LogP contribution in [0.4, 0.5) is 0 Å². The van der Waals surface area contributed by atoms with Crippen molar-refractivity contribution in [1.29, 1.82) is 0 Å². The van der Waals surface area contributed by atoms with Crippen LogP contribution in [-0.2, 0) is 11.3 Å². The second-order valence-electron chi connectivity index (χ2n) is 6.01. The van der Waals surface area contributed by atoms with Crippen LogP contribution < -0.4 is 10.1 Å². The van der Waals surface area contributed by atoms with E-state index >= 15 is 0 Å². The fourth-order valence-corrected chi connectivity index (χ4v) is 2.60. The van der Waals surface area contributed by atoms with E-state index < -0.39 is 0 Å². The topological polar surface area (TPSA) is 77.8 Å². The monoisotopic (exact) mass is 354 g/mol. The fraction of sp³-hybridized carbons (Fsp3) is 0.316. The molecular formula is C19H22N4O3. The zero-order valence-corrected chi connectivity index (χ0v) is 15.2. The molecule has 2 aromatic heterocycles. The average molecular weight is 354 g/mol. The van der Waals surface area contributed by atoms with Crippen LogP contribution >= 0.6 is 0 Å². The van der Waals surface area contributed by atoms with E-state index in [-0.39, 0.29) is 5.91 Å². The number of amides is 1. The predicted octanol–water partition coefficient (Wildman–Crippen LogP) is 2.30. The predicted molar refractivity (Wildman–Crippen MR) is 97.4 cm³/mol. The molecule has 7 heteroatoms. The van der Waals surface area contributed by atoms with Gasteiger partial charge in [0.15, 0.2) is 5.65 Å². The molecule has 0 atom stereocenters. The van der Waals surface area contributed by atoms with Crippen LogP contribution in [0.1, 0.15) is 27.4 Å². The van der Waals surface area contributed by atoms with Gasteiger partial charge in [0.1, 0.15) is 18.1 Å². The molecule has 136 valence electrons. The van der Waals surface area contributed by atoms with Crippen molar-refractivity contribution >= 4 is 11.6 Å². The van der Waals surface area contributed by atoms with Gasteiger partial charge in [-0.25, -0.2) is 9.50 Å². The van der Waals surface area contributed by atoms with E-state index in [1.807, 2.05) is 44.2 Å². The Bertz CT molecular complexity index is 903. The van der Waals surface area contributed by atoms with E-state index in [1.54, 1.807) is 17.7 Å². The number of methoxy groups -OCH3 is 1. The first-order valence-corrected chi connectivity index (χ1v) is 8.40. The molecule has 3 rings (SSSR count). The maximum Gasteiger partial charge on any atom is 0.270 e. The van der Waals surface area contributed by atoms with Crippen molar-refractivity contribution in [2.75, 3.05) is 20.3 Å². The number of aromatic nitrogens is 3. The molecule has 0 aliphatic rings. The molecule has 0 bridgehead atoms. The maximum atomic E-state index is 12.6. The lowest BCUT2D eigenvalue weighted by Crippen LogP contribution is -2.25. The molecule has 3 aromatic rings. The van der Waals surface area contributed by atoms with Gasteiger partial charge < -0.3 is 14.8 Å². The maximum absolute atomic E-state index is 12.6. The lowest BCUT2D eigenvalue weighted by molar-refractivity contribution is 0.0943. The van der Waals surface area contributed by atoms with Gasteiger partial charge in [-0.1, -0.05) is 12.1 Å². The standard InChI is InChI=1S/C19H22N4O3/c1-13-10-17(23-18(21-13)11-14(2)22-23)19(24)20-12-15-4-6-16(7-5-15)26-9-8-25-3/h4-7,10-11H,8-9,12H2,1-3H3,(H,20,24). The Hall–Kier alpha value is -2.93. The third kappa shape index (κ3) is 4.18. The molecule has 0 saturated heterocycles. The van der Waals surface area contributed by atoms with Crippen molar-refractivity contribution in [3.63, 3.8) is 0 Å². The summed E-state index contributed by atoms with van der Waals surface area (Å²) in [5.74, 6) is 0.583. The van der Waals surface area contributed by atoms with Crippen LogP contribution in [0.15, 0.2) is 36.4 Å². The third-order valence-corrected chi connectivity index (χ3v) is 3.84.